The van der Waals surface area contributed by atoms with Gasteiger partial charge in [0, 0.05) is 0 Å². The van der Waals surface area contributed by atoms with Crippen LogP contribution in [0, 0.1) is 0 Å². The molecule has 0 spiro atoms. The third-order valence-electron chi connectivity index (χ3n) is 3.08. The maximum Gasteiger partial charge on any atom is 0.277 e. The number of carbonyl (C=O) groups excluding carboxylic acids is 1. The summed E-state index contributed by atoms with van der Waals surface area (Å²) in [6.07, 6.45) is 1.54. The van der Waals surface area contributed by atoms with E-state index in [1.165, 1.54) is 0 Å². The first kappa shape index (κ1) is 18.3. The molecule has 6 heteroatoms. The van der Waals surface area contributed by atoms with Gasteiger partial charge in [0.05, 0.1) is 19.4 Å². The first-order chi connectivity index (χ1) is 12.2. The summed E-state index contributed by atoms with van der Waals surface area (Å²) in [6.45, 7) is 4.82. The summed E-state index contributed by atoms with van der Waals surface area (Å²) in [6, 6.07) is 14.6. The molecule has 0 saturated heterocycles. The number of para-hydroxylation sites is 1. The van der Waals surface area contributed by atoms with Gasteiger partial charge in [0.15, 0.2) is 18.1 Å². The first-order valence-corrected chi connectivity index (χ1v) is 8.12. The maximum absolute atomic E-state index is 11.7. The largest absolute Gasteiger partial charge is 0.490 e. The zero-order valence-corrected chi connectivity index (χ0v) is 14.4. The number of nitrogens with zero attached hydrogens (tertiary/aromatic N) is 1. The Kier molecular flexibility index (Phi) is 7.31. The fraction of sp³-hybridized carbons (Fsp3) is 0.263. The van der Waals surface area contributed by atoms with Crippen molar-refractivity contribution in [3.05, 3.63) is 54.1 Å². The normalized spacial score (nSPS) is 10.5. The van der Waals surface area contributed by atoms with Gasteiger partial charge in [-0.3, -0.25) is 4.79 Å². The Hall–Kier alpha value is -3.02. The minimum absolute atomic E-state index is 0.102. The molecule has 0 aliphatic carbocycles. The molecule has 0 saturated carbocycles. The zero-order chi connectivity index (χ0) is 17.9. The molecule has 0 aliphatic rings. The van der Waals surface area contributed by atoms with Crippen LogP contribution in [-0.2, 0) is 4.79 Å². The topological polar surface area (TPSA) is 69.2 Å². The second-order valence-electron chi connectivity index (χ2n) is 4.97. The van der Waals surface area contributed by atoms with E-state index in [4.69, 9.17) is 14.2 Å². The summed E-state index contributed by atoms with van der Waals surface area (Å²) in [5, 5.41) is 3.93. The van der Waals surface area contributed by atoms with Gasteiger partial charge in [-0.05, 0) is 49.7 Å². The van der Waals surface area contributed by atoms with Crippen LogP contribution < -0.4 is 19.6 Å². The third-order valence-corrected chi connectivity index (χ3v) is 3.08. The first-order valence-electron chi connectivity index (χ1n) is 8.12. The molecule has 1 amide bonds. The van der Waals surface area contributed by atoms with Crippen molar-refractivity contribution in [1.29, 1.82) is 0 Å². The molecule has 0 aromatic heterocycles. The Balaban J connectivity index is 1.88. The van der Waals surface area contributed by atoms with E-state index in [0.29, 0.717) is 30.5 Å². The molecule has 0 radical (unpaired) electrons. The van der Waals surface area contributed by atoms with Gasteiger partial charge >= 0.3 is 0 Å². The fourth-order valence-corrected chi connectivity index (χ4v) is 2.02. The van der Waals surface area contributed by atoms with Crippen LogP contribution in [0.25, 0.3) is 0 Å². The molecule has 25 heavy (non-hydrogen) atoms. The molecule has 0 atom stereocenters. The van der Waals surface area contributed by atoms with Crippen LogP contribution in [0.3, 0.4) is 0 Å². The van der Waals surface area contributed by atoms with Gasteiger partial charge in [0.2, 0.25) is 0 Å². The molecule has 6 nitrogen and oxygen atoms in total. The second kappa shape index (κ2) is 9.97. The van der Waals surface area contributed by atoms with E-state index in [9.17, 15) is 4.79 Å². The minimum atomic E-state index is -0.337. The number of hydrogen-bond donors (Lipinski definition) is 1. The quantitative estimate of drug-likeness (QED) is 0.562. The van der Waals surface area contributed by atoms with Gasteiger partial charge in [-0.25, -0.2) is 5.43 Å². The van der Waals surface area contributed by atoms with Crippen LogP contribution >= 0.6 is 0 Å². The van der Waals surface area contributed by atoms with Crippen LogP contribution in [0.5, 0.6) is 17.2 Å². The Morgan fingerprint density at radius 3 is 2.44 bits per heavy atom. The van der Waals surface area contributed by atoms with Gasteiger partial charge in [0.1, 0.15) is 5.75 Å². The maximum atomic E-state index is 11.7. The van der Waals surface area contributed by atoms with E-state index in [-0.39, 0.29) is 12.5 Å². The van der Waals surface area contributed by atoms with E-state index in [1.54, 1.807) is 18.3 Å². The minimum Gasteiger partial charge on any atom is -0.490 e. The SMILES string of the molecule is CCOc1ccc(/C=N/NC(=O)COc2ccccc2)cc1OCC. The average Bonchev–Trinajstić information content (AvgIpc) is 2.63. The van der Waals surface area contributed by atoms with E-state index in [0.717, 1.165) is 5.56 Å². The Labute approximate surface area is 147 Å². The highest BCUT2D eigenvalue weighted by Crippen LogP contribution is 2.27. The molecule has 1 N–H and O–H groups in total. The number of nitrogens with one attached hydrogen (secondary N) is 1. The van der Waals surface area contributed by atoms with Crippen molar-refractivity contribution in [2.24, 2.45) is 5.10 Å². The van der Waals surface area contributed by atoms with Gasteiger partial charge in [-0.15, -0.1) is 0 Å². The summed E-state index contributed by atoms with van der Waals surface area (Å²) in [5.41, 5.74) is 3.21. The lowest BCUT2D eigenvalue weighted by atomic mass is 10.2. The smallest absolute Gasteiger partial charge is 0.277 e. The number of carbonyl (C=O) groups is 1. The molecule has 0 bridgehead atoms. The van der Waals surface area contributed by atoms with Crippen molar-refractivity contribution in [3.8, 4) is 17.2 Å². The van der Waals surface area contributed by atoms with Crippen LogP contribution in [-0.4, -0.2) is 31.9 Å². The molecular weight excluding hydrogens is 320 g/mol. The molecular formula is C19H22N2O4. The summed E-state index contributed by atoms with van der Waals surface area (Å²) >= 11 is 0. The highest BCUT2D eigenvalue weighted by molar-refractivity contribution is 5.83. The molecule has 0 unspecified atom stereocenters. The van der Waals surface area contributed by atoms with Crippen molar-refractivity contribution in [2.75, 3.05) is 19.8 Å². The highest BCUT2D eigenvalue weighted by atomic mass is 16.5. The number of hydrazone groups is 1. The van der Waals surface area contributed by atoms with Gasteiger partial charge in [0.25, 0.3) is 5.91 Å². The van der Waals surface area contributed by atoms with E-state index >= 15 is 0 Å². The molecule has 0 fully saturated rings. The highest BCUT2D eigenvalue weighted by Gasteiger charge is 2.05. The number of amides is 1. The molecule has 2 rings (SSSR count). The number of benzene rings is 2. The lowest BCUT2D eigenvalue weighted by molar-refractivity contribution is -0.123. The molecule has 0 heterocycles. The number of ether oxygens (including phenoxy) is 3. The molecule has 2 aromatic rings. The van der Waals surface area contributed by atoms with Crippen molar-refractivity contribution in [1.82, 2.24) is 5.43 Å². The van der Waals surface area contributed by atoms with Crippen molar-refractivity contribution >= 4 is 12.1 Å². The van der Waals surface area contributed by atoms with E-state index in [2.05, 4.69) is 10.5 Å². The Bertz CT molecular complexity index is 702. The van der Waals surface area contributed by atoms with E-state index < -0.39 is 0 Å². The van der Waals surface area contributed by atoms with Gasteiger partial charge < -0.3 is 14.2 Å². The zero-order valence-electron chi connectivity index (χ0n) is 14.4. The third kappa shape index (κ3) is 6.18. The standard InChI is InChI=1S/C19H22N2O4/c1-3-23-17-11-10-15(12-18(17)24-4-2)13-20-21-19(22)14-25-16-8-6-5-7-9-16/h5-13H,3-4,14H2,1-2H3,(H,21,22)/b20-13+. The van der Waals surface area contributed by atoms with Crippen LogP contribution in [0.1, 0.15) is 19.4 Å². The number of hydrogen-bond acceptors (Lipinski definition) is 5. The van der Waals surface area contributed by atoms with Gasteiger partial charge in [-0.1, -0.05) is 18.2 Å². The van der Waals surface area contributed by atoms with Gasteiger partial charge in [-0.2, -0.15) is 5.10 Å². The Morgan fingerprint density at radius 1 is 1.00 bits per heavy atom. The van der Waals surface area contributed by atoms with Crippen molar-refractivity contribution in [3.63, 3.8) is 0 Å². The predicted octanol–water partition coefficient (Wildman–Crippen LogP) is 3.01. The van der Waals surface area contributed by atoms with E-state index in [1.807, 2.05) is 50.2 Å². The average molecular weight is 342 g/mol. The van der Waals surface area contributed by atoms with Crippen LogP contribution in [0.4, 0.5) is 0 Å². The van der Waals surface area contributed by atoms with Crippen LogP contribution in [0.2, 0.25) is 0 Å². The summed E-state index contributed by atoms with van der Waals surface area (Å²) in [5.74, 6) is 1.62. The lowest BCUT2D eigenvalue weighted by Crippen LogP contribution is -2.24. The monoisotopic (exact) mass is 342 g/mol. The fourth-order valence-electron chi connectivity index (χ4n) is 2.02. The summed E-state index contributed by atoms with van der Waals surface area (Å²) < 4.78 is 16.4. The second-order valence-corrected chi connectivity index (χ2v) is 4.97. The van der Waals surface area contributed by atoms with Crippen molar-refractivity contribution < 1.29 is 19.0 Å². The number of rotatable bonds is 9. The molecule has 132 valence electrons. The lowest BCUT2D eigenvalue weighted by Gasteiger charge is -2.11. The van der Waals surface area contributed by atoms with Crippen molar-refractivity contribution in [2.45, 2.75) is 13.8 Å². The predicted molar refractivity (Wildman–Crippen MR) is 96.5 cm³/mol. The summed E-state index contributed by atoms with van der Waals surface area (Å²) in [4.78, 5) is 11.7. The molecule has 2 aromatic carbocycles. The molecule has 0 aliphatic heterocycles. The Morgan fingerprint density at radius 2 is 1.72 bits per heavy atom. The van der Waals surface area contributed by atoms with Crippen LogP contribution in [0.15, 0.2) is 53.6 Å². The summed E-state index contributed by atoms with van der Waals surface area (Å²) in [7, 11) is 0.